The molecule has 1 N–H and O–H groups in total. The van der Waals surface area contributed by atoms with Gasteiger partial charge in [0.2, 0.25) is 0 Å². The van der Waals surface area contributed by atoms with Crippen LogP contribution in [0.5, 0.6) is 5.75 Å². The Kier molecular flexibility index (Phi) is 3.61. The van der Waals surface area contributed by atoms with Crippen LogP contribution in [0.2, 0.25) is 0 Å². The Morgan fingerprint density at radius 3 is 2.95 bits per heavy atom. The summed E-state index contributed by atoms with van der Waals surface area (Å²) in [4.78, 5) is 14.7. The van der Waals surface area contributed by atoms with Crippen molar-refractivity contribution in [2.45, 2.75) is 31.3 Å². The number of hydrogen-bond acceptors (Lipinski definition) is 3. The lowest BCUT2D eigenvalue weighted by Gasteiger charge is -2.28. The molecule has 0 aliphatic carbocycles. The van der Waals surface area contributed by atoms with Gasteiger partial charge >= 0.3 is 0 Å². The Labute approximate surface area is 117 Å². The first-order valence-electron chi connectivity index (χ1n) is 7.07. The van der Waals surface area contributed by atoms with E-state index < -0.39 is 5.82 Å². The smallest absolute Gasteiger partial charge is 0.258 e. The molecule has 2 unspecified atom stereocenters. The van der Waals surface area contributed by atoms with E-state index >= 15 is 0 Å². The van der Waals surface area contributed by atoms with E-state index in [1.165, 1.54) is 25.3 Å². The van der Waals surface area contributed by atoms with Crippen LogP contribution in [0.15, 0.2) is 18.2 Å². The van der Waals surface area contributed by atoms with Crippen LogP contribution in [0.1, 0.15) is 29.6 Å². The van der Waals surface area contributed by atoms with E-state index in [2.05, 4.69) is 5.32 Å². The number of ether oxygens (including phenoxy) is 1. The number of methoxy groups -OCH3 is 1. The largest absolute Gasteiger partial charge is 0.496 e. The first-order valence-corrected chi connectivity index (χ1v) is 7.07. The van der Waals surface area contributed by atoms with E-state index in [0.717, 1.165) is 32.4 Å². The van der Waals surface area contributed by atoms with Crippen LogP contribution < -0.4 is 10.1 Å². The van der Waals surface area contributed by atoms with Gasteiger partial charge in [0.1, 0.15) is 11.6 Å². The lowest BCUT2D eigenvalue weighted by atomic mass is 10.1. The SMILES string of the molecule is COc1ccc(F)cc1C(=O)N1C2CCNCC1CC2. The van der Waals surface area contributed by atoms with Crippen molar-refractivity contribution in [2.24, 2.45) is 0 Å². The zero-order valence-corrected chi connectivity index (χ0v) is 11.6. The van der Waals surface area contributed by atoms with Crippen molar-refractivity contribution in [3.8, 4) is 5.75 Å². The van der Waals surface area contributed by atoms with E-state index in [1.807, 2.05) is 4.90 Å². The molecule has 5 heteroatoms. The molecule has 2 bridgehead atoms. The van der Waals surface area contributed by atoms with Crippen molar-refractivity contribution in [3.63, 3.8) is 0 Å². The van der Waals surface area contributed by atoms with Gasteiger partial charge in [0.05, 0.1) is 12.7 Å². The van der Waals surface area contributed by atoms with E-state index in [4.69, 9.17) is 4.74 Å². The van der Waals surface area contributed by atoms with Crippen molar-refractivity contribution >= 4 is 5.91 Å². The normalized spacial score (nSPS) is 25.4. The summed E-state index contributed by atoms with van der Waals surface area (Å²) in [6.07, 6.45) is 3.01. The third kappa shape index (κ3) is 2.26. The number of rotatable bonds is 2. The van der Waals surface area contributed by atoms with Crippen LogP contribution in [-0.4, -0.2) is 43.1 Å². The summed E-state index contributed by atoms with van der Waals surface area (Å²) in [6.45, 7) is 1.76. The number of benzene rings is 1. The van der Waals surface area contributed by atoms with Crippen molar-refractivity contribution in [2.75, 3.05) is 20.2 Å². The van der Waals surface area contributed by atoms with Crippen LogP contribution >= 0.6 is 0 Å². The second kappa shape index (κ2) is 5.40. The molecule has 2 saturated heterocycles. The third-order valence-electron chi connectivity index (χ3n) is 4.28. The van der Waals surface area contributed by atoms with Crippen LogP contribution in [0.25, 0.3) is 0 Å². The number of carbonyl (C=O) groups excluding carboxylic acids is 1. The molecule has 1 aromatic rings. The molecule has 108 valence electrons. The standard InChI is InChI=1S/C15H19FN2O2/c1-20-14-5-2-10(16)8-13(14)15(19)18-11-3-4-12(18)9-17-7-6-11/h2,5,8,11-12,17H,3-4,6-7,9H2,1H3. The topological polar surface area (TPSA) is 41.6 Å². The highest BCUT2D eigenvalue weighted by atomic mass is 19.1. The highest BCUT2D eigenvalue weighted by Crippen LogP contribution is 2.31. The molecule has 1 amide bonds. The minimum Gasteiger partial charge on any atom is -0.496 e. The van der Waals surface area contributed by atoms with Crippen LogP contribution in [-0.2, 0) is 0 Å². The highest BCUT2D eigenvalue weighted by molar-refractivity contribution is 5.97. The van der Waals surface area contributed by atoms with E-state index in [0.29, 0.717) is 11.3 Å². The van der Waals surface area contributed by atoms with Gasteiger partial charge in [0.15, 0.2) is 0 Å². The van der Waals surface area contributed by atoms with Crippen molar-refractivity contribution in [1.82, 2.24) is 10.2 Å². The fraction of sp³-hybridized carbons (Fsp3) is 0.533. The van der Waals surface area contributed by atoms with Gasteiger partial charge in [-0.05, 0) is 44.0 Å². The average molecular weight is 278 g/mol. The Bertz CT molecular complexity index is 507. The molecule has 1 aromatic carbocycles. The minimum atomic E-state index is -0.408. The van der Waals surface area contributed by atoms with Gasteiger partial charge in [0.25, 0.3) is 5.91 Å². The number of halogens is 1. The monoisotopic (exact) mass is 278 g/mol. The maximum atomic E-state index is 13.5. The summed E-state index contributed by atoms with van der Waals surface area (Å²) in [5.41, 5.74) is 0.325. The zero-order valence-electron chi connectivity index (χ0n) is 11.6. The molecule has 4 nitrogen and oxygen atoms in total. The highest BCUT2D eigenvalue weighted by Gasteiger charge is 2.39. The summed E-state index contributed by atoms with van der Waals surface area (Å²) >= 11 is 0. The van der Waals surface area contributed by atoms with Gasteiger partial charge in [-0.2, -0.15) is 0 Å². The molecule has 2 fully saturated rings. The van der Waals surface area contributed by atoms with Gasteiger partial charge < -0.3 is 15.0 Å². The Morgan fingerprint density at radius 1 is 1.35 bits per heavy atom. The second-order valence-corrected chi connectivity index (χ2v) is 5.43. The molecule has 2 aliphatic rings. The van der Waals surface area contributed by atoms with Crippen molar-refractivity contribution in [1.29, 1.82) is 0 Å². The molecule has 2 heterocycles. The number of nitrogens with one attached hydrogen (secondary N) is 1. The molecule has 3 rings (SSSR count). The van der Waals surface area contributed by atoms with Gasteiger partial charge in [0, 0.05) is 18.6 Å². The minimum absolute atomic E-state index is 0.113. The van der Waals surface area contributed by atoms with Crippen molar-refractivity contribution < 1.29 is 13.9 Å². The molecule has 0 saturated carbocycles. The van der Waals surface area contributed by atoms with Gasteiger partial charge in [-0.3, -0.25) is 4.79 Å². The molecule has 0 radical (unpaired) electrons. The Balaban J connectivity index is 1.94. The number of nitrogens with zero attached hydrogens (tertiary/aromatic N) is 1. The Morgan fingerprint density at radius 2 is 2.15 bits per heavy atom. The quantitative estimate of drug-likeness (QED) is 0.897. The van der Waals surface area contributed by atoms with Gasteiger partial charge in [-0.25, -0.2) is 4.39 Å². The van der Waals surface area contributed by atoms with Crippen LogP contribution in [0.3, 0.4) is 0 Å². The zero-order chi connectivity index (χ0) is 14.1. The summed E-state index contributed by atoms with van der Waals surface area (Å²) < 4.78 is 18.7. The second-order valence-electron chi connectivity index (χ2n) is 5.43. The predicted octanol–water partition coefficient (Wildman–Crippen LogP) is 1.80. The molecule has 20 heavy (non-hydrogen) atoms. The first kappa shape index (κ1) is 13.4. The van der Waals surface area contributed by atoms with Crippen LogP contribution in [0, 0.1) is 5.82 Å². The third-order valence-corrected chi connectivity index (χ3v) is 4.28. The fourth-order valence-corrected chi connectivity index (χ4v) is 3.30. The predicted molar refractivity (Wildman–Crippen MR) is 73.4 cm³/mol. The summed E-state index contributed by atoms with van der Waals surface area (Å²) in [5.74, 6) is -0.0833. The van der Waals surface area contributed by atoms with E-state index in [-0.39, 0.29) is 18.0 Å². The molecular weight excluding hydrogens is 259 g/mol. The molecule has 2 atom stereocenters. The van der Waals surface area contributed by atoms with Gasteiger partial charge in [-0.15, -0.1) is 0 Å². The van der Waals surface area contributed by atoms with Crippen molar-refractivity contribution in [3.05, 3.63) is 29.6 Å². The number of carbonyl (C=O) groups is 1. The maximum absolute atomic E-state index is 13.5. The molecular formula is C15H19FN2O2. The molecule has 2 aliphatic heterocycles. The van der Waals surface area contributed by atoms with E-state index in [9.17, 15) is 9.18 Å². The Hall–Kier alpha value is -1.62. The number of fused-ring (bicyclic) bond motifs is 2. The van der Waals surface area contributed by atoms with Crippen LogP contribution in [0.4, 0.5) is 4.39 Å². The lowest BCUT2D eigenvalue weighted by Crippen LogP contribution is -2.42. The first-order chi connectivity index (χ1) is 9.70. The molecule has 0 aromatic heterocycles. The lowest BCUT2D eigenvalue weighted by molar-refractivity contribution is 0.0676. The fourth-order valence-electron chi connectivity index (χ4n) is 3.30. The van der Waals surface area contributed by atoms with E-state index in [1.54, 1.807) is 0 Å². The summed E-state index contributed by atoms with van der Waals surface area (Å²) in [5, 5.41) is 3.36. The number of hydrogen-bond donors (Lipinski definition) is 1. The average Bonchev–Trinajstić information content (AvgIpc) is 2.71. The number of amides is 1. The summed E-state index contributed by atoms with van der Waals surface area (Å²) in [7, 11) is 1.50. The maximum Gasteiger partial charge on any atom is 0.258 e. The summed E-state index contributed by atoms with van der Waals surface area (Å²) in [6, 6.07) is 4.58. The van der Waals surface area contributed by atoms with Gasteiger partial charge in [-0.1, -0.05) is 0 Å². The molecule has 0 spiro atoms.